The van der Waals surface area contributed by atoms with Crippen LogP contribution in [0.25, 0.3) is 0 Å². The molecule has 1 nitrogen and oxygen atoms in total. The predicted molar refractivity (Wildman–Crippen MR) is 67.7 cm³/mol. The number of alkyl halides is 2. The third kappa shape index (κ3) is 2.82. The van der Waals surface area contributed by atoms with Gasteiger partial charge >= 0.3 is 0 Å². The fourth-order valence-corrected chi connectivity index (χ4v) is 2.40. The molecule has 0 aliphatic carbocycles. The van der Waals surface area contributed by atoms with Crippen LogP contribution in [-0.2, 0) is 16.5 Å². The van der Waals surface area contributed by atoms with Crippen LogP contribution in [0.1, 0.15) is 35.9 Å². The standard InChI is InChI=1S/C12H14BrClO/c1-3-10-9(7-13)5-4-6-11(10)12(14)8(2)15/h4-6,12H,3,7H2,1-2H3. The first-order valence-corrected chi connectivity index (χ1v) is 6.48. The lowest BCUT2D eigenvalue weighted by molar-refractivity contribution is -0.116. The quantitative estimate of drug-likeness (QED) is 0.765. The van der Waals surface area contributed by atoms with Gasteiger partial charge in [-0.25, -0.2) is 0 Å². The van der Waals surface area contributed by atoms with Crippen molar-refractivity contribution in [3.63, 3.8) is 0 Å². The molecule has 0 aromatic heterocycles. The van der Waals surface area contributed by atoms with Gasteiger partial charge in [-0.1, -0.05) is 41.1 Å². The summed E-state index contributed by atoms with van der Waals surface area (Å²) in [5.74, 6) is -0.00177. The fourth-order valence-electron chi connectivity index (χ4n) is 1.67. The monoisotopic (exact) mass is 288 g/mol. The molecule has 0 fully saturated rings. The maximum absolute atomic E-state index is 11.3. The minimum Gasteiger partial charge on any atom is -0.298 e. The molecule has 1 atom stereocenters. The number of hydrogen-bond donors (Lipinski definition) is 0. The lowest BCUT2D eigenvalue weighted by atomic mass is 9.96. The number of carbonyl (C=O) groups excluding carboxylic acids is 1. The summed E-state index contributed by atoms with van der Waals surface area (Å²) in [5, 5.41) is 0.282. The number of benzene rings is 1. The lowest BCUT2D eigenvalue weighted by Crippen LogP contribution is -2.06. The van der Waals surface area contributed by atoms with Gasteiger partial charge in [0.15, 0.2) is 5.78 Å². The van der Waals surface area contributed by atoms with Crippen LogP contribution in [-0.4, -0.2) is 5.78 Å². The summed E-state index contributed by atoms with van der Waals surface area (Å²) in [6, 6.07) is 5.94. The Balaban J connectivity index is 3.22. The first-order valence-electron chi connectivity index (χ1n) is 4.93. The lowest BCUT2D eigenvalue weighted by Gasteiger charge is -2.14. The number of rotatable bonds is 4. The van der Waals surface area contributed by atoms with E-state index < -0.39 is 5.38 Å². The normalized spacial score (nSPS) is 12.5. The first kappa shape index (κ1) is 12.7. The molecule has 0 aliphatic rings. The van der Waals surface area contributed by atoms with Crippen LogP contribution in [0.4, 0.5) is 0 Å². The fraction of sp³-hybridized carbons (Fsp3) is 0.417. The highest BCUT2D eigenvalue weighted by atomic mass is 79.9. The molecule has 0 heterocycles. The van der Waals surface area contributed by atoms with Gasteiger partial charge in [-0.15, -0.1) is 11.6 Å². The smallest absolute Gasteiger partial charge is 0.152 e. The summed E-state index contributed by atoms with van der Waals surface area (Å²) in [4.78, 5) is 11.3. The Hall–Kier alpha value is -0.340. The van der Waals surface area contributed by atoms with Gasteiger partial charge in [-0.2, -0.15) is 0 Å². The topological polar surface area (TPSA) is 17.1 Å². The average molecular weight is 290 g/mol. The van der Waals surface area contributed by atoms with E-state index in [0.29, 0.717) is 0 Å². The second-order valence-corrected chi connectivity index (χ2v) is 4.44. The van der Waals surface area contributed by atoms with Crippen molar-refractivity contribution in [3.05, 3.63) is 34.9 Å². The second-order valence-electron chi connectivity index (χ2n) is 3.45. The summed E-state index contributed by atoms with van der Waals surface area (Å²) in [5.41, 5.74) is 3.34. The molecule has 82 valence electrons. The van der Waals surface area contributed by atoms with Gasteiger partial charge in [0, 0.05) is 5.33 Å². The highest BCUT2D eigenvalue weighted by Gasteiger charge is 2.17. The van der Waals surface area contributed by atoms with Gasteiger partial charge in [0.1, 0.15) is 5.38 Å². The Morgan fingerprint density at radius 3 is 2.67 bits per heavy atom. The zero-order chi connectivity index (χ0) is 11.4. The van der Waals surface area contributed by atoms with Crippen molar-refractivity contribution in [3.8, 4) is 0 Å². The van der Waals surface area contributed by atoms with Crippen LogP contribution < -0.4 is 0 Å². The molecule has 3 heteroatoms. The van der Waals surface area contributed by atoms with E-state index in [1.807, 2.05) is 12.1 Å². The minimum absolute atomic E-state index is 0.00177. The van der Waals surface area contributed by atoms with Gasteiger partial charge in [0.2, 0.25) is 0 Å². The van der Waals surface area contributed by atoms with E-state index in [0.717, 1.165) is 17.3 Å². The molecule has 0 saturated heterocycles. The maximum Gasteiger partial charge on any atom is 0.152 e. The molecule has 0 saturated carbocycles. The summed E-state index contributed by atoms with van der Waals surface area (Å²) >= 11 is 9.53. The molecular formula is C12H14BrClO. The summed E-state index contributed by atoms with van der Waals surface area (Å²) in [6.45, 7) is 3.60. The van der Waals surface area contributed by atoms with Crippen molar-refractivity contribution in [2.24, 2.45) is 0 Å². The van der Waals surface area contributed by atoms with Gasteiger partial charge in [0.05, 0.1) is 0 Å². The molecule has 0 radical (unpaired) electrons. The zero-order valence-corrected chi connectivity index (χ0v) is 11.2. The molecule has 1 rings (SSSR count). The molecule has 1 aromatic carbocycles. The van der Waals surface area contributed by atoms with Gasteiger partial charge in [-0.05, 0) is 30.0 Å². The number of Topliss-reactive ketones (excluding diaryl/α,β-unsaturated/α-hetero) is 1. The molecule has 1 unspecified atom stereocenters. The van der Waals surface area contributed by atoms with Crippen molar-refractivity contribution in [2.45, 2.75) is 31.0 Å². The van der Waals surface area contributed by atoms with Gasteiger partial charge in [0.25, 0.3) is 0 Å². The van der Waals surface area contributed by atoms with E-state index in [1.165, 1.54) is 18.1 Å². The average Bonchev–Trinajstić information content (AvgIpc) is 2.26. The molecule has 0 bridgehead atoms. The molecular weight excluding hydrogens is 275 g/mol. The van der Waals surface area contributed by atoms with Crippen molar-refractivity contribution in [1.82, 2.24) is 0 Å². The predicted octanol–water partition coefficient (Wildman–Crippen LogP) is 4.01. The van der Waals surface area contributed by atoms with E-state index in [1.54, 1.807) is 0 Å². The number of ketones is 1. The number of carbonyl (C=O) groups is 1. The van der Waals surface area contributed by atoms with Gasteiger partial charge in [-0.3, -0.25) is 4.79 Å². The van der Waals surface area contributed by atoms with Crippen LogP contribution in [0, 0.1) is 0 Å². The Labute approximate surface area is 104 Å². The highest BCUT2D eigenvalue weighted by Crippen LogP contribution is 2.28. The van der Waals surface area contributed by atoms with Crippen molar-refractivity contribution >= 4 is 33.3 Å². The van der Waals surface area contributed by atoms with Crippen molar-refractivity contribution < 1.29 is 4.79 Å². The molecule has 0 aliphatic heterocycles. The number of hydrogen-bond acceptors (Lipinski definition) is 1. The zero-order valence-electron chi connectivity index (χ0n) is 8.89. The Kier molecular flexibility index (Phi) is 4.81. The van der Waals surface area contributed by atoms with E-state index in [9.17, 15) is 4.79 Å². The van der Waals surface area contributed by atoms with Crippen LogP contribution >= 0.6 is 27.5 Å². The minimum atomic E-state index is -0.515. The van der Waals surface area contributed by atoms with Crippen molar-refractivity contribution in [1.29, 1.82) is 0 Å². The summed E-state index contributed by atoms with van der Waals surface area (Å²) < 4.78 is 0. The largest absolute Gasteiger partial charge is 0.298 e. The third-order valence-corrected chi connectivity index (χ3v) is 3.58. The van der Waals surface area contributed by atoms with E-state index in [-0.39, 0.29) is 5.78 Å². The highest BCUT2D eigenvalue weighted by molar-refractivity contribution is 9.08. The third-order valence-electron chi connectivity index (χ3n) is 2.44. The summed E-state index contributed by atoms with van der Waals surface area (Å²) in [7, 11) is 0. The maximum atomic E-state index is 11.3. The van der Waals surface area contributed by atoms with Crippen LogP contribution in [0.15, 0.2) is 18.2 Å². The Morgan fingerprint density at radius 2 is 2.20 bits per heavy atom. The molecule has 15 heavy (non-hydrogen) atoms. The van der Waals surface area contributed by atoms with Crippen LogP contribution in [0.2, 0.25) is 0 Å². The van der Waals surface area contributed by atoms with E-state index >= 15 is 0 Å². The first-order chi connectivity index (χ1) is 7.11. The van der Waals surface area contributed by atoms with Gasteiger partial charge < -0.3 is 0 Å². The van der Waals surface area contributed by atoms with Crippen LogP contribution in [0.3, 0.4) is 0 Å². The number of halogens is 2. The Morgan fingerprint density at radius 1 is 1.53 bits per heavy atom. The van der Waals surface area contributed by atoms with Crippen molar-refractivity contribution in [2.75, 3.05) is 0 Å². The molecule has 0 N–H and O–H groups in total. The van der Waals surface area contributed by atoms with E-state index in [2.05, 4.69) is 28.9 Å². The molecule has 0 spiro atoms. The Bertz CT molecular complexity index is 363. The molecule has 0 amide bonds. The van der Waals surface area contributed by atoms with Crippen LogP contribution in [0.5, 0.6) is 0 Å². The SMILES string of the molecule is CCc1c(CBr)cccc1C(Cl)C(C)=O. The summed E-state index contributed by atoms with van der Waals surface area (Å²) in [6.07, 6.45) is 0.896. The van der Waals surface area contributed by atoms with E-state index in [4.69, 9.17) is 11.6 Å². The molecule has 1 aromatic rings. The second kappa shape index (κ2) is 5.66.